The Morgan fingerprint density at radius 3 is 2.16 bits per heavy atom. The van der Waals surface area contributed by atoms with Crippen molar-refractivity contribution >= 4 is 0 Å². The van der Waals surface area contributed by atoms with Gasteiger partial charge in [0.2, 0.25) is 0 Å². The first-order valence-electron chi connectivity index (χ1n) is 7.94. The molecule has 0 bridgehead atoms. The van der Waals surface area contributed by atoms with Crippen LogP contribution in [0.15, 0.2) is 36.7 Å². The molecule has 2 heterocycles. The van der Waals surface area contributed by atoms with Gasteiger partial charge >= 0.3 is 113 Å². The molecule has 3 rings (SSSR count). The third-order valence-electron chi connectivity index (χ3n) is 3.86. The van der Waals surface area contributed by atoms with Gasteiger partial charge in [0, 0.05) is 19.3 Å². The fourth-order valence-corrected chi connectivity index (χ4v) is 2.84. The van der Waals surface area contributed by atoms with Gasteiger partial charge in [0.15, 0.2) is 0 Å². The van der Waals surface area contributed by atoms with Crippen molar-refractivity contribution in [1.82, 2.24) is 9.13 Å². The number of hydrogen-bond acceptors (Lipinski definition) is 2. The Balaban J connectivity index is 0.000000269. The molecule has 1 fully saturated rings. The summed E-state index contributed by atoms with van der Waals surface area (Å²) < 4.78 is 47.2. The van der Waals surface area contributed by atoms with Crippen LogP contribution in [-0.4, -0.2) is 28.4 Å². The SMILES string of the molecule is Cn1ccn(Cc2ccc(C(F)(F)F)cc2)[c]1=[Pt].NC1CCOCC1. The van der Waals surface area contributed by atoms with Gasteiger partial charge in [-0.3, -0.25) is 0 Å². The number of halogens is 3. The van der Waals surface area contributed by atoms with E-state index in [9.17, 15) is 13.2 Å². The fourth-order valence-electron chi connectivity index (χ4n) is 2.32. The summed E-state index contributed by atoms with van der Waals surface area (Å²) in [6, 6.07) is 5.67. The molecular formula is C17H22F3N3OPt. The second-order valence-electron chi connectivity index (χ2n) is 5.92. The molecule has 0 amide bonds. The van der Waals surface area contributed by atoms with E-state index < -0.39 is 11.7 Å². The zero-order chi connectivity index (χ0) is 18.4. The van der Waals surface area contributed by atoms with E-state index in [0.29, 0.717) is 12.6 Å². The number of hydrogen-bond donors (Lipinski definition) is 1. The monoisotopic (exact) mass is 536 g/mol. The maximum absolute atomic E-state index is 12.4. The molecule has 8 heteroatoms. The molecule has 2 N–H and O–H groups in total. The molecule has 1 aromatic carbocycles. The molecule has 0 aliphatic carbocycles. The molecule has 0 spiro atoms. The van der Waals surface area contributed by atoms with E-state index in [1.807, 2.05) is 28.6 Å². The van der Waals surface area contributed by atoms with Crippen molar-refractivity contribution in [3.8, 4) is 0 Å². The van der Waals surface area contributed by atoms with Crippen LogP contribution in [0.5, 0.6) is 0 Å². The summed E-state index contributed by atoms with van der Waals surface area (Å²) in [6.45, 7) is 2.29. The minimum Gasteiger partial charge on any atom is -0.381 e. The van der Waals surface area contributed by atoms with Gasteiger partial charge in [0.05, 0.1) is 0 Å². The van der Waals surface area contributed by atoms with Crippen LogP contribution in [0.3, 0.4) is 0 Å². The van der Waals surface area contributed by atoms with Crippen molar-refractivity contribution in [1.29, 1.82) is 0 Å². The van der Waals surface area contributed by atoms with Crippen molar-refractivity contribution in [2.45, 2.75) is 31.6 Å². The third kappa shape index (κ3) is 6.24. The van der Waals surface area contributed by atoms with Crippen LogP contribution in [0.4, 0.5) is 13.2 Å². The van der Waals surface area contributed by atoms with Crippen LogP contribution in [-0.2, 0) is 43.9 Å². The first kappa shape index (κ1) is 20.1. The largest absolute Gasteiger partial charge is 0.381 e. The number of imidazole rings is 1. The Morgan fingerprint density at radius 1 is 1.16 bits per heavy atom. The van der Waals surface area contributed by atoms with Crippen LogP contribution < -0.4 is 5.73 Å². The van der Waals surface area contributed by atoms with Gasteiger partial charge in [-0.1, -0.05) is 0 Å². The molecule has 1 aromatic heterocycles. The predicted molar refractivity (Wildman–Crippen MR) is 85.2 cm³/mol. The molecule has 25 heavy (non-hydrogen) atoms. The minimum atomic E-state index is -4.27. The third-order valence-corrected chi connectivity index (χ3v) is 5.31. The smallest absolute Gasteiger partial charge is 0.0480 e. The van der Waals surface area contributed by atoms with Gasteiger partial charge in [0.25, 0.3) is 0 Å². The summed E-state index contributed by atoms with van der Waals surface area (Å²) in [6.07, 6.45) is 1.62. The molecule has 2 aromatic rings. The Kier molecular flexibility index (Phi) is 7.23. The molecule has 1 aliphatic rings. The normalized spacial score (nSPS) is 15.6. The summed E-state index contributed by atoms with van der Waals surface area (Å²) in [5.74, 6) is 0. The number of nitrogens with zero attached hydrogens (tertiary/aromatic N) is 2. The number of nitrogens with two attached hydrogens (primary N) is 1. The second kappa shape index (κ2) is 8.97. The summed E-state index contributed by atoms with van der Waals surface area (Å²) in [7, 11) is 1.92. The van der Waals surface area contributed by atoms with Gasteiger partial charge in [-0.2, -0.15) is 0 Å². The van der Waals surface area contributed by atoms with Gasteiger partial charge < -0.3 is 10.5 Å². The minimum absolute atomic E-state index is 0.411. The summed E-state index contributed by atoms with van der Waals surface area (Å²) in [5, 5.41) is 0. The van der Waals surface area contributed by atoms with Crippen LogP contribution in [0.2, 0.25) is 0 Å². The number of rotatable bonds is 2. The first-order chi connectivity index (χ1) is 11.8. The molecule has 1 aliphatic heterocycles. The molecule has 0 unspecified atom stereocenters. The molecule has 0 radical (unpaired) electrons. The van der Waals surface area contributed by atoms with E-state index in [1.165, 1.54) is 12.1 Å². The Labute approximate surface area is 155 Å². The maximum Gasteiger partial charge on any atom is 0.0480 e. The number of ether oxygens (including phenoxy) is 1. The molecule has 0 atom stereocenters. The average molecular weight is 536 g/mol. The van der Waals surface area contributed by atoms with E-state index in [4.69, 9.17) is 10.5 Å². The van der Waals surface area contributed by atoms with E-state index in [0.717, 1.165) is 47.6 Å². The Hall–Kier alpha value is -1.17. The standard InChI is InChI=1S/C12H11F3N2.C5H11NO.Pt/c1-16-6-7-17(9-16)8-10-2-4-11(5-3-10)12(13,14)15;6-5-1-3-7-4-2-5;/h2-7H,8H2,1H3;5H,1-4,6H2;. The molecular weight excluding hydrogens is 514 g/mol. The zero-order valence-corrected chi connectivity index (χ0v) is 16.2. The van der Waals surface area contributed by atoms with Gasteiger partial charge in [-0.15, -0.1) is 0 Å². The number of aryl methyl sites for hydroxylation is 1. The quantitative estimate of drug-likeness (QED) is 0.642. The van der Waals surface area contributed by atoms with Crippen molar-refractivity contribution < 1.29 is 37.3 Å². The first-order valence-corrected chi connectivity index (χ1v) is 9.07. The van der Waals surface area contributed by atoms with Gasteiger partial charge in [-0.05, 0) is 12.8 Å². The Bertz CT molecular complexity index is 716. The predicted octanol–water partition coefficient (Wildman–Crippen LogP) is 3.10. The van der Waals surface area contributed by atoms with Crippen LogP contribution in [0.1, 0.15) is 24.0 Å². The zero-order valence-electron chi connectivity index (χ0n) is 13.9. The van der Waals surface area contributed by atoms with Gasteiger partial charge in [-0.25, -0.2) is 0 Å². The summed E-state index contributed by atoms with van der Waals surface area (Å²) >= 11 is 2.18. The Morgan fingerprint density at radius 2 is 1.76 bits per heavy atom. The van der Waals surface area contributed by atoms with Crippen molar-refractivity contribution in [2.75, 3.05) is 13.2 Å². The molecule has 142 valence electrons. The number of aromatic nitrogens is 2. The number of alkyl halides is 3. The number of benzene rings is 1. The van der Waals surface area contributed by atoms with E-state index >= 15 is 0 Å². The van der Waals surface area contributed by atoms with Gasteiger partial charge in [0.1, 0.15) is 0 Å². The molecule has 4 nitrogen and oxygen atoms in total. The van der Waals surface area contributed by atoms with Crippen molar-refractivity contribution in [3.05, 3.63) is 51.6 Å². The van der Waals surface area contributed by atoms with E-state index in [1.54, 1.807) is 0 Å². The molecule has 0 saturated carbocycles. The maximum atomic E-state index is 12.4. The fraction of sp³-hybridized carbons (Fsp3) is 0.471. The van der Waals surface area contributed by atoms with Crippen LogP contribution in [0.25, 0.3) is 0 Å². The summed E-state index contributed by atoms with van der Waals surface area (Å²) in [5.41, 5.74) is 5.79. The molecule has 1 saturated heterocycles. The van der Waals surface area contributed by atoms with Crippen molar-refractivity contribution in [2.24, 2.45) is 12.8 Å². The van der Waals surface area contributed by atoms with E-state index in [-0.39, 0.29) is 0 Å². The summed E-state index contributed by atoms with van der Waals surface area (Å²) in [4.78, 5) is 0. The van der Waals surface area contributed by atoms with Crippen molar-refractivity contribution in [3.63, 3.8) is 0 Å². The second-order valence-corrected chi connectivity index (χ2v) is 6.94. The topological polar surface area (TPSA) is 45.1 Å². The van der Waals surface area contributed by atoms with Crippen LogP contribution in [0, 0.1) is 3.80 Å². The average Bonchev–Trinajstić information content (AvgIpc) is 2.88. The van der Waals surface area contributed by atoms with Crippen LogP contribution >= 0.6 is 0 Å². The van der Waals surface area contributed by atoms with E-state index in [2.05, 4.69) is 19.4 Å².